The van der Waals surface area contributed by atoms with Crippen LogP contribution in [0.15, 0.2) is 24.3 Å². The first kappa shape index (κ1) is 20.3. The molecule has 3 rings (SSSR count). The van der Waals surface area contributed by atoms with E-state index in [2.05, 4.69) is 0 Å². The Hall–Kier alpha value is -2.41. The molecule has 7 heteroatoms. The van der Waals surface area contributed by atoms with E-state index in [1.165, 1.54) is 4.90 Å². The van der Waals surface area contributed by atoms with Gasteiger partial charge in [-0.25, -0.2) is 4.79 Å². The Morgan fingerprint density at radius 2 is 1.79 bits per heavy atom. The lowest BCUT2D eigenvalue weighted by Crippen LogP contribution is -2.98. The molecule has 152 valence electrons. The number of quaternary nitrogens is 1. The summed E-state index contributed by atoms with van der Waals surface area (Å²) < 4.78 is 5.36. The van der Waals surface area contributed by atoms with E-state index in [1.54, 1.807) is 13.8 Å². The van der Waals surface area contributed by atoms with Crippen LogP contribution in [0, 0.1) is 11.8 Å². The van der Waals surface area contributed by atoms with Crippen molar-refractivity contribution in [1.82, 2.24) is 4.90 Å². The fourth-order valence-electron chi connectivity index (χ4n) is 4.73. The third-order valence-electron chi connectivity index (χ3n) is 6.21. The minimum Gasteiger partial charge on any atom is -0.461 e. The van der Waals surface area contributed by atoms with E-state index in [0.717, 1.165) is 11.3 Å². The van der Waals surface area contributed by atoms with Crippen LogP contribution < -0.4 is 10.2 Å². The maximum Gasteiger partial charge on any atom is 0.368 e. The number of carbonyl (C=O) groups excluding carboxylic acids is 3. The highest BCUT2D eigenvalue weighted by molar-refractivity contribution is 6.08. The summed E-state index contributed by atoms with van der Waals surface area (Å²) in [7, 11) is 3.93. The van der Waals surface area contributed by atoms with E-state index in [-0.39, 0.29) is 24.5 Å². The van der Waals surface area contributed by atoms with Crippen LogP contribution in [0.2, 0.25) is 0 Å². The van der Waals surface area contributed by atoms with Gasteiger partial charge in [0.15, 0.2) is 0 Å². The number of likely N-dealkylation sites (tertiary alicyclic amines) is 1. The molecular formula is C21H30N3O4+. The summed E-state index contributed by atoms with van der Waals surface area (Å²) in [6, 6.07) is 7.66. The molecule has 0 saturated carbocycles. The maximum atomic E-state index is 13.1. The molecule has 0 bridgehead atoms. The first-order valence-corrected chi connectivity index (χ1v) is 9.98. The van der Waals surface area contributed by atoms with Crippen molar-refractivity contribution in [2.45, 2.75) is 38.8 Å². The molecule has 0 radical (unpaired) electrons. The molecule has 2 aliphatic rings. The molecule has 0 aromatic heterocycles. The average molecular weight is 388 g/mol. The van der Waals surface area contributed by atoms with Crippen LogP contribution in [0.5, 0.6) is 0 Å². The fraction of sp³-hybridized carbons (Fsp3) is 0.571. The molecular weight excluding hydrogens is 358 g/mol. The Bertz CT molecular complexity index is 776. The first-order valence-electron chi connectivity index (χ1n) is 9.98. The third-order valence-corrected chi connectivity index (χ3v) is 6.21. The van der Waals surface area contributed by atoms with Gasteiger partial charge in [-0.15, -0.1) is 0 Å². The van der Waals surface area contributed by atoms with Gasteiger partial charge in [-0.3, -0.25) is 14.5 Å². The molecule has 1 aromatic carbocycles. The molecule has 28 heavy (non-hydrogen) atoms. The lowest BCUT2D eigenvalue weighted by Gasteiger charge is -2.28. The van der Waals surface area contributed by atoms with Gasteiger partial charge >= 0.3 is 5.97 Å². The SMILES string of the molecule is CCOC(=O)[C@]1(CC)[NH2+][C@@H](c2ccc(N(C)C)cc2)[C@H]2C(=O)N(CC)C(=O)[C@@H]21. The molecule has 7 nitrogen and oxygen atoms in total. The highest BCUT2D eigenvalue weighted by Gasteiger charge is 2.71. The maximum absolute atomic E-state index is 13.1. The van der Waals surface area contributed by atoms with Crippen LogP contribution >= 0.6 is 0 Å². The van der Waals surface area contributed by atoms with Crippen LogP contribution in [0.4, 0.5) is 5.69 Å². The molecule has 0 unspecified atom stereocenters. The topological polar surface area (TPSA) is 83.5 Å². The Morgan fingerprint density at radius 3 is 2.29 bits per heavy atom. The number of carbonyl (C=O) groups is 3. The number of amides is 2. The van der Waals surface area contributed by atoms with Gasteiger partial charge in [-0.1, -0.05) is 19.1 Å². The largest absolute Gasteiger partial charge is 0.461 e. The number of anilines is 1. The normalized spacial score (nSPS) is 29.2. The van der Waals surface area contributed by atoms with E-state index in [1.807, 2.05) is 55.5 Å². The second-order valence-electron chi connectivity index (χ2n) is 7.72. The number of nitrogens with two attached hydrogens (primary N) is 1. The summed E-state index contributed by atoms with van der Waals surface area (Å²) in [6.45, 7) is 5.99. The van der Waals surface area contributed by atoms with Crippen LogP contribution in [-0.2, 0) is 19.1 Å². The number of hydrogen-bond donors (Lipinski definition) is 1. The molecule has 2 fully saturated rings. The van der Waals surface area contributed by atoms with Crippen LogP contribution in [-0.4, -0.2) is 55.5 Å². The van der Waals surface area contributed by atoms with Gasteiger partial charge in [0, 0.05) is 38.3 Å². The van der Waals surface area contributed by atoms with Crippen molar-refractivity contribution in [3.05, 3.63) is 29.8 Å². The Labute approximate surface area is 166 Å². The number of benzene rings is 1. The summed E-state index contributed by atoms with van der Waals surface area (Å²) in [5, 5.41) is 1.91. The summed E-state index contributed by atoms with van der Waals surface area (Å²) in [5.41, 5.74) is 0.927. The van der Waals surface area contributed by atoms with Crippen LogP contribution in [0.25, 0.3) is 0 Å². The highest BCUT2D eigenvalue weighted by atomic mass is 16.5. The Balaban J connectivity index is 2.08. The average Bonchev–Trinajstić information content (AvgIpc) is 3.16. The second-order valence-corrected chi connectivity index (χ2v) is 7.72. The van der Waals surface area contributed by atoms with Crippen molar-refractivity contribution in [3.63, 3.8) is 0 Å². The van der Waals surface area contributed by atoms with Crippen molar-refractivity contribution in [3.8, 4) is 0 Å². The van der Waals surface area contributed by atoms with Gasteiger partial charge in [-0.2, -0.15) is 0 Å². The van der Waals surface area contributed by atoms with Crippen molar-refractivity contribution in [2.75, 3.05) is 32.1 Å². The molecule has 4 atom stereocenters. The molecule has 2 saturated heterocycles. The summed E-state index contributed by atoms with van der Waals surface area (Å²) in [4.78, 5) is 42.5. The van der Waals surface area contributed by atoms with Crippen molar-refractivity contribution in [2.24, 2.45) is 11.8 Å². The van der Waals surface area contributed by atoms with Crippen molar-refractivity contribution in [1.29, 1.82) is 0 Å². The van der Waals surface area contributed by atoms with E-state index < -0.39 is 23.3 Å². The molecule has 2 aliphatic heterocycles. The number of fused-ring (bicyclic) bond motifs is 1. The predicted octanol–water partition coefficient (Wildman–Crippen LogP) is 0.704. The van der Waals surface area contributed by atoms with E-state index >= 15 is 0 Å². The van der Waals surface area contributed by atoms with Gasteiger partial charge < -0.3 is 15.0 Å². The number of nitrogens with zero attached hydrogens (tertiary/aromatic N) is 2. The van der Waals surface area contributed by atoms with Gasteiger partial charge in [-0.05, 0) is 26.0 Å². The van der Waals surface area contributed by atoms with Gasteiger partial charge in [0.1, 0.15) is 17.9 Å². The minimum absolute atomic E-state index is 0.185. The smallest absolute Gasteiger partial charge is 0.368 e. The summed E-state index contributed by atoms with van der Waals surface area (Å²) >= 11 is 0. The Kier molecular flexibility index (Phi) is 5.48. The predicted molar refractivity (Wildman–Crippen MR) is 104 cm³/mol. The standard InChI is InChI=1S/C21H29N3O4/c1-6-21(20(27)28-8-3)16-15(18(25)24(7-2)19(16)26)17(22-21)13-9-11-14(12-10-13)23(4)5/h9-12,15-17,22H,6-8H2,1-5H3/p+1/t15-,16+,17-,21+/m0/s1. The zero-order chi connectivity index (χ0) is 20.6. The minimum atomic E-state index is -1.07. The molecule has 0 aliphatic carbocycles. The summed E-state index contributed by atoms with van der Waals surface area (Å²) in [6.07, 6.45) is 0.426. The quantitative estimate of drug-likeness (QED) is 0.573. The van der Waals surface area contributed by atoms with E-state index in [0.29, 0.717) is 13.0 Å². The van der Waals surface area contributed by atoms with Gasteiger partial charge in [0.2, 0.25) is 17.4 Å². The second kappa shape index (κ2) is 7.54. The van der Waals surface area contributed by atoms with Gasteiger partial charge in [0.25, 0.3) is 0 Å². The lowest BCUT2D eigenvalue weighted by molar-refractivity contribution is -0.734. The number of ether oxygens (including phenoxy) is 1. The molecule has 2 amide bonds. The van der Waals surface area contributed by atoms with Crippen molar-refractivity contribution >= 4 is 23.5 Å². The van der Waals surface area contributed by atoms with Gasteiger partial charge in [0.05, 0.1) is 6.61 Å². The molecule has 2 heterocycles. The fourth-order valence-corrected chi connectivity index (χ4v) is 4.73. The van der Waals surface area contributed by atoms with Crippen LogP contribution in [0.1, 0.15) is 38.8 Å². The molecule has 2 N–H and O–H groups in total. The monoisotopic (exact) mass is 388 g/mol. The van der Waals surface area contributed by atoms with E-state index in [4.69, 9.17) is 4.74 Å². The first-order chi connectivity index (χ1) is 13.3. The van der Waals surface area contributed by atoms with Crippen molar-refractivity contribution < 1.29 is 24.4 Å². The zero-order valence-corrected chi connectivity index (χ0v) is 17.3. The number of esters is 1. The summed E-state index contributed by atoms with van der Waals surface area (Å²) in [5.74, 6) is -2.09. The molecule has 1 aromatic rings. The highest BCUT2D eigenvalue weighted by Crippen LogP contribution is 2.45. The van der Waals surface area contributed by atoms with Crippen LogP contribution in [0.3, 0.4) is 0 Å². The van der Waals surface area contributed by atoms with E-state index in [9.17, 15) is 14.4 Å². The number of rotatable bonds is 6. The third kappa shape index (κ3) is 2.89. The number of imide groups is 1. The molecule has 0 spiro atoms. The Morgan fingerprint density at radius 1 is 1.14 bits per heavy atom. The lowest BCUT2D eigenvalue weighted by atomic mass is 9.78. The zero-order valence-electron chi connectivity index (χ0n) is 17.3. The number of hydrogen-bond acceptors (Lipinski definition) is 5.